The van der Waals surface area contributed by atoms with Crippen LogP contribution >= 0.6 is 0 Å². The number of esters is 1. The van der Waals surface area contributed by atoms with Crippen molar-refractivity contribution in [2.45, 2.75) is 62.8 Å². The van der Waals surface area contributed by atoms with Gasteiger partial charge in [-0.3, -0.25) is 0 Å². The standard InChI is InChI=1S/C27H36NO5.C2HF3O2/c29-26(27(30,22-8-4-5-9-22)25-12-6-18-32-25)33-24-20-28(16-13-21(24)14-17-28)15-7-19-31-23-10-2-1-3-11-23;3-2(4,5)1(6)7/h1-3,6,10-12,18,21-22,24,30H,4-5,7-9,13-17,19-20H2;(H,6,7)/q+1;/p-1/t21?,24-,27+,28?;/m0./s1. The van der Waals surface area contributed by atoms with Crippen LogP contribution in [-0.4, -0.2) is 66.6 Å². The molecular weight excluding hydrogens is 531 g/mol. The largest absolute Gasteiger partial charge is 0.542 e. The van der Waals surface area contributed by atoms with Crippen LogP contribution in [0.4, 0.5) is 13.2 Å². The third kappa shape index (κ3) is 6.98. The number of hydrogen-bond donors (Lipinski definition) is 1. The van der Waals surface area contributed by atoms with Crippen LogP contribution in [0.25, 0.3) is 0 Å². The van der Waals surface area contributed by atoms with Gasteiger partial charge in [0.15, 0.2) is 6.10 Å². The third-order valence-corrected chi connectivity index (χ3v) is 8.47. The first-order valence-corrected chi connectivity index (χ1v) is 13.8. The molecule has 2 aromatic rings. The predicted octanol–water partition coefficient (Wildman–Crippen LogP) is 3.58. The van der Waals surface area contributed by atoms with E-state index in [-0.39, 0.29) is 12.0 Å². The molecule has 0 radical (unpaired) electrons. The number of fused-ring (bicyclic) bond motifs is 3. The zero-order valence-corrected chi connectivity index (χ0v) is 22.3. The summed E-state index contributed by atoms with van der Waals surface area (Å²) in [6, 6.07) is 13.4. The highest BCUT2D eigenvalue weighted by Crippen LogP contribution is 2.43. The number of piperidine rings is 3. The molecular formula is C29H36F3NO7. The fourth-order valence-corrected chi connectivity index (χ4v) is 6.31. The molecule has 8 nitrogen and oxygen atoms in total. The molecule has 220 valence electrons. The molecule has 1 aromatic carbocycles. The maximum Gasteiger partial charge on any atom is 0.430 e. The Hall–Kier alpha value is -3.05. The molecule has 0 spiro atoms. The van der Waals surface area contributed by atoms with E-state index in [1.807, 2.05) is 30.3 Å². The summed E-state index contributed by atoms with van der Waals surface area (Å²) in [6.45, 7) is 4.82. The van der Waals surface area contributed by atoms with Crippen molar-refractivity contribution < 1.29 is 51.3 Å². The molecule has 1 saturated carbocycles. The van der Waals surface area contributed by atoms with Crippen molar-refractivity contribution in [3.05, 3.63) is 54.5 Å². The number of carbonyl (C=O) groups is 2. The lowest BCUT2D eigenvalue weighted by Gasteiger charge is -2.52. The number of aliphatic carboxylic acids is 1. The summed E-state index contributed by atoms with van der Waals surface area (Å²) in [6.07, 6.45) is 2.99. The van der Waals surface area contributed by atoms with Crippen LogP contribution in [0, 0.1) is 11.8 Å². The number of quaternary nitrogens is 1. The summed E-state index contributed by atoms with van der Waals surface area (Å²) >= 11 is 0. The third-order valence-electron chi connectivity index (χ3n) is 8.47. The Balaban J connectivity index is 0.000000470. The van der Waals surface area contributed by atoms with Gasteiger partial charge >= 0.3 is 12.1 Å². The van der Waals surface area contributed by atoms with E-state index in [2.05, 4.69) is 0 Å². The zero-order valence-electron chi connectivity index (χ0n) is 22.3. The second-order valence-corrected chi connectivity index (χ2v) is 11.0. The average Bonchev–Trinajstić information content (AvgIpc) is 3.68. The molecule has 1 N–H and O–H groups in total. The van der Waals surface area contributed by atoms with Crippen LogP contribution in [0.15, 0.2) is 53.1 Å². The van der Waals surface area contributed by atoms with Gasteiger partial charge in [0.05, 0.1) is 32.5 Å². The van der Waals surface area contributed by atoms with Crippen LogP contribution < -0.4 is 9.84 Å². The van der Waals surface area contributed by atoms with E-state index in [4.69, 9.17) is 23.8 Å². The average molecular weight is 568 g/mol. The number of furan rings is 1. The van der Waals surface area contributed by atoms with Crippen molar-refractivity contribution in [3.8, 4) is 5.75 Å². The Morgan fingerprint density at radius 2 is 1.68 bits per heavy atom. The Bertz CT molecular complexity index is 1090. The van der Waals surface area contributed by atoms with Crippen LogP contribution in [0.5, 0.6) is 5.75 Å². The van der Waals surface area contributed by atoms with E-state index in [0.29, 0.717) is 18.3 Å². The van der Waals surface area contributed by atoms with E-state index in [1.165, 1.54) is 6.26 Å². The number of para-hydroxylation sites is 1. The Morgan fingerprint density at radius 1 is 1.02 bits per heavy atom. The molecule has 3 aliphatic heterocycles. The maximum absolute atomic E-state index is 13.5. The van der Waals surface area contributed by atoms with Gasteiger partial charge in [0.2, 0.25) is 5.60 Å². The van der Waals surface area contributed by atoms with Gasteiger partial charge in [0, 0.05) is 31.1 Å². The van der Waals surface area contributed by atoms with E-state index >= 15 is 0 Å². The number of halogens is 3. The number of ether oxygens (including phenoxy) is 2. The maximum atomic E-state index is 13.5. The molecule has 0 unspecified atom stereocenters. The smallest absolute Gasteiger partial charge is 0.430 e. The van der Waals surface area contributed by atoms with Crippen molar-refractivity contribution in [1.29, 1.82) is 0 Å². The summed E-state index contributed by atoms with van der Waals surface area (Å²) in [4.78, 5) is 22.2. The van der Waals surface area contributed by atoms with Gasteiger partial charge < -0.3 is 33.4 Å². The number of carboxylic acids is 1. The van der Waals surface area contributed by atoms with E-state index in [0.717, 1.165) is 81.4 Å². The molecule has 4 aliphatic rings. The van der Waals surface area contributed by atoms with E-state index in [1.54, 1.807) is 12.1 Å². The zero-order chi connectivity index (χ0) is 28.8. The topological polar surface area (TPSA) is 109 Å². The van der Waals surface area contributed by atoms with Crippen molar-refractivity contribution in [2.75, 3.05) is 32.8 Å². The van der Waals surface area contributed by atoms with E-state index in [9.17, 15) is 23.1 Å². The molecule has 2 bridgehead atoms. The van der Waals surface area contributed by atoms with Crippen LogP contribution in [0.3, 0.4) is 0 Å². The number of alkyl halides is 3. The highest BCUT2D eigenvalue weighted by atomic mass is 19.4. The monoisotopic (exact) mass is 567 g/mol. The molecule has 4 heterocycles. The molecule has 1 aromatic heterocycles. The number of hydrogen-bond acceptors (Lipinski definition) is 7. The van der Waals surface area contributed by atoms with Crippen molar-refractivity contribution in [2.24, 2.45) is 11.8 Å². The van der Waals surface area contributed by atoms with Crippen LogP contribution in [-0.2, 0) is 19.9 Å². The number of carboxylic acid groups (broad SMARTS) is 1. The quantitative estimate of drug-likeness (QED) is 0.280. The second-order valence-electron chi connectivity index (χ2n) is 11.0. The fraction of sp³-hybridized carbons (Fsp3) is 0.586. The molecule has 1 aliphatic carbocycles. The molecule has 6 rings (SSSR count). The second kappa shape index (κ2) is 12.6. The van der Waals surface area contributed by atoms with Crippen molar-refractivity contribution in [3.63, 3.8) is 0 Å². The van der Waals surface area contributed by atoms with Crippen molar-refractivity contribution in [1.82, 2.24) is 0 Å². The lowest BCUT2D eigenvalue weighted by atomic mass is 9.81. The lowest BCUT2D eigenvalue weighted by Crippen LogP contribution is -2.65. The van der Waals surface area contributed by atoms with Gasteiger partial charge in [0.25, 0.3) is 0 Å². The summed E-state index contributed by atoms with van der Waals surface area (Å²) < 4.78 is 50.1. The Kier molecular flexibility index (Phi) is 9.45. The number of benzene rings is 1. The molecule has 2 atom stereocenters. The van der Waals surface area contributed by atoms with Gasteiger partial charge in [-0.2, -0.15) is 13.2 Å². The lowest BCUT2D eigenvalue weighted by molar-refractivity contribution is -0.946. The Labute approximate surface area is 231 Å². The van der Waals surface area contributed by atoms with Crippen LogP contribution in [0.2, 0.25) is 0 Å². The summed E-state index contributed by atoms with van der Waals surface area (Å²) in [7, 11) is 0. The Morgan fingerprint density at radius 3 is 2.25 bits per heavy atom. The van der Waals surface area contributed by atoms with E-state index < -0.39 is 23.7 Å². The number of nitrogens with zero attached hydrogens (tertiary/aromatic N) is 1. The molecule has 0 amide bonds. The van der Waals surface area contributed by atoms with Gasteiger partial charge in [-0.05, 0) is 37.1 Å². The van der Waals surface area contributed by atoms with Gasteiger partial charge in [-0.15, -0.1) is 0 Å². The molecule has 40 heavy (non-hydrogen) atoms. The fourth-order valence-electron chi connectivity index (χ4n) is 6.31. The normalized spacial score (nSPS) is 25.9. The highest BCUT2D eigenvalue weighted by Gasteiger charge is 2.54. The minimum Gasteiger partial charge on any atom is -0.542 e. The SMILES string of the molecule is O=C(O[C@H]1C[N+]2(CCCOc3ccccc3)CCC1CC2)[C@](O)(c1ccco1)C1CCCC1.O=C([O-])C(F)(F)F. The van der Waals surface area contributed by atoms with Gasteiger partial charge in [0.1, 0.15) is 24.0 Å². The van der Waals surface area contributed by atoms with Crippen molar-refractivity contribution >= 4 is 11.9 Å². The molecule has 11 heteroatoms. The van der Waals surface area contributed by atoms with Crippen LogP contribution in [0.1, 0.15) is 50.7 Å². The van der Waals surface area contributed by atoms with Gasteiger partial charge in [-0.25, -0.2) is 4.79 Å². The van der Waals surface area contributed by atoms with Gasteiger partial charge in [-0.1, -0.05) is 31.0 Å². The minimum atomic E-state index is -5.19. The first-order valence-electron chi connectivity index (χ1n) is 13.8. The first-order chi connectivity index (χ1) is 19.0. The predicted molar refractivity (Wildman–Crippen MR) is 135 cm³/mol. The number of rotatable bonds is 9. The summed E-state index contributed by atoms with van der Waals surface area (Å²) in [5.74, 6) is -2.05. The number of carbonyl (C=O) groups excluding carboxylic acids is 2. The highest BCUT2D eigenvalue weighted by molar-refractivity contribution is 5.81. The molecule has 4 fully saturated rings. The molecule has 3 saturated heterocycles. The summed E-state index contributed by atoms with van der Waals surface area (Å²) in [5.41, 5.74) is -1.68. The summed E-state index contributed by atoms with van der Waals surface area (Å²) in [5, 5.41) is 20.4. The minimum absolute atomic E-state index is 0.141. The number of aliphatic hydroxyl groups is 1. The first kappa shape index (κ1) is 29.9.